The van der Waals surface area contributed by atoms with Gasteiger partial charge in [-0.3, -0.25) is 57.5 Å². The molecule has 16 rings (SSSR count). The molecule has 3 aromatic carbocycles. The Kier molecular flexibility index (Phi) is 33.7. The maximum atomic E-state index is 11.9. The number of aliphatic carboxylic acids is 2. The minimum Gasteiger partial charge on any atom is -0.497 e. The van der Waals surface area contributed by atoms with Crippen molar-refractivity contribution in [3.8, 4) is 17.2 Å². The van der Waals surface area contributed by atoms with Gasteiger partial charge in [-0.15, -0.1) is 0 Å². The van der Waals surface area contributed by atoms with Gasteiger partial charge in [-0.05, 0) is 226 Å². The van der Waals surface area contributed by atoms with E-state index in [2.05, 4.69) is 53.5 Å². The molecule has 6 heterocycles. The van der Waals surface area contributed by atoms with Gasteiger partial charge in [-0.2, -0.15) is 0 Å². The molecule has 648 valence electrons. The molecule has 7 saturated carbocycles. The number of ketones is 2. The number of carbonyl (C=O) groups excluding carboxylic acids is 11. The number of imide groups is 1. The standard InChI is InChI=1S/C15H20N2O2.C15H18N2O2.C12H17NO4.C11H18O4.C8H11NO.C7H12N2O.C7H9NO2.C6H8O4.C5H9NO2/c2*1-19-12-6-2-10(3-7-12)9-16-13-8-14(18)17-15(13)11-4-5-11;1-12(2,3)17-11(16)13-9(15)6-8(14)10(13)7-4-5-7;1-11(2,3)15-9(12)6-8(10(13)14)7-4-5-7;1-10-8-4-2-7(6-9)3-5-8;8-5-3-6(10)9-7(5)4-1-2-4;9-5-3-6(10)8-7(5)4-1-2-4;1-6(2)9-4(7)3-5(8)10-6;6-4(5(7)8)3-1-2-3/h2-3,6-7,11,13,15-16H,4-5,8-9H2,1H3,(H,17,18);2-3,6-8,11,15-16H,4-5,9H2,1H3,(H,17,18);7,10H,4-6H2,1-3H3;7-8H,4-6H2,1-3H3,(H,13,14);2-5H,6,9H2,1H3;4-5,7H,1-3,8H2,(H,9,10);4,7H,1-3H2,(H,8,10);3H2,1-2H3;3-4H,1-2,6H2,(H,7,8). The molecule has 118 heavy (non-hydrogen) atoms. The average molecular weight is 1650 g/mol. The zero-order chi connectivity index (χ0) is 86.5. The molecular formula is C86H122N10O22. The lowest BCUT2D eigenvalue weighted by molar-refractivity contribution is -0.231. The van der Waals surface area contributed by atoms with E-state index in [0.717, 1.165) is 97.9 Å². The van der Waals surface area contributed by atoms with E-state index in [4.69, 9.17) is 51.1 Å². The van der Waals surface area contributed by atoms with Crippen molar-refractivity contribution in [3.63, 3.8) is 0 Å². The summed E-state index contributed by atoms with van der Waals surface area (Å²) in [5.74, 6) is 0.588. The fraction of sp³-hybridized carbons (Fsp3) is 0.616. The van der Waals surface area contributed by atoms with E-state index in [1.165, 1.54) is 63.5 Å². The second-order valence-corrected chi connectivity index (χ2v) is 34.4. The van der Waals surface area contributed by atoms with Crippen LogP contribution in [0.25, 0.3) is 0 Å². The van der Waals surface area contributed by atoms with E-state index in [-0.39, 0.29) is 103 Å². The molecule has 0 radical (unpaired) electrons. The Hall–Kier alpha value is -10.0. The smallest absolute Gasteiger partial charge is 0.417 e. The van der Waals surface area contributed by atoms with Crippen molar-refractivity contribution in [3.05, 3.63) is 101 Å². The summed E-state index contributed by atoms with van der Waals surface area (Å²) in [6.07, 6.45) is 17.1. The average Bonchev–Trinajstić information content (AvgIpc) is 1.62. The number of likely N-dealkylation sites (tertiary alicyclic amines) is 1. The Bertz CT molecular complexity index is 3980. The van der Waals surface area contributed by atoms with Gasteiger partial charge < -0.3 is 92.5 Å². The molecule has 12 fully saturated rings. The molecule has 0 spiro atoms. The van der Waals surface area contributed by atoms with E-state index in [1.807, 2.05) is 60.7 Å². The molecular weight excluding hydrogens is 1520 g/mol. The van der Waals surface area contributed by atoms with Crippen LogP contribution in [0.1, 0.15) is 200 Å². The topological polar surface area (TPSA) is 480 Å². The molecule has 14 N–H and O–H groups in total. The highest BCUT2D eigenvalue weighted by molar-refractivity contribution is 6.13. The van der Waals surface area contributed by atoms with Gasteiger partial charge in [0.05, 0.1) is 58.6 Å². The third-order valence-electron chi connectivity index (χ3n) is 21.1. The summed E-state index contributed by atoms with van der Waals surface area (Å²) in [6, 6.07) is 23.6. The largest absolute Gasteiger partial charge is 0.497 e. The predicted molar refractivity (Wildman–Crippen MR) is 431 cm³/mol. The maximum absolute atomic E-state index is 11.9. The van der Waals surface area contributed by atoms with Gasteiger partial charge in [0.1, 0.15) is 47.0 Å². The number of methoxy groups -OCH3 is 3. The molecule has 0 aromatic heterocycles. The summed E-state index contributed by atoms with van der Waals surface area (Å²) < 4.78 is 34.8. The fourth-order valence-corrected chi connectivity index (χ4v) is 13.9. The Morgan fingerprint density at radius 3 is 1.42 bits per heavy atom. The van der Waals surface area contributed by atoms with Gasteiger partial charge in [-0.1, -0.05) is 36.4 Å². The van der Waals surface area contributed by atoms with Crippen LogP contribution in [0.4, 0.5) is 4.79 Å². The van der Waals surface area contributed by atoms with Crippen molar-refractivity contribution in [2.75, 3.05) is 21.3 Å². The number of Topliss-reactive ketones (excluding diaryl/α,β-unsaturated/α-hetero) is 2. The summed E-state index contributed by atoms with van der Waals surface area (Å²) in [7, 11) is 4.98. The molecule has 7 aliphatic carbocycles. The van der Waals surface area contributed by atoms with Crippen molar-refractivity contribution in [2.45, 2.75) is 269 Å². The van der Waals surface area contributed by atoms with Gasteiger partial charge in [0.15, 0.2) is 11.6 Å². The molecule has 5 saturated heterocycles. The summed E-state index contributed by atoms with van der Waals surface area (Å²) >= 11 is 0. The Labute approximate surface area is 689 Å². The minimum absolute atomic E-state index is 0.00271. The van der Waals surface area contributed by atoms with Crippen molar-refractivity contribution in [1.82, 2.24) is 36.8 Å². The first-order valence-electron chi connectivity index (χ1n) is 40.9. The highest BCUT2D eigenvalue weighted by Gasteiger charge is 2.52. The number of esters is 3. The lowest BCUT2D eigenvalue weighted by Crippen LogP contribution is -2.44. The van der Waals surface area contributed by atoms with E-state index in [1.54, 1.807) is 68.9 Å². The van der Waals surface area contributed by atoms with Crippen molar-refractivity contribution >= 4 is 77.0 Å². The van der Waals surface area contributed by atoms with E-state index in [0.29, 0.717) is 55.1 Å². The predicted octanol–water partition coefficient (Wildman–Crippen LogP) is 7.00. The number of carboxylic acid groups (broad SMARTS) is 2. The third kappa shape index (κ3) is 32.0. The number of amides is 6. The first-order valence-corrected chi connectivity index (χ1v) is 40.9. The molecule has 3 aromatic rings. The van der Waals surface area contributed by atoms with Crippen LogP contribution in [0, 0.1) is 47.3 Å². The molecule has 9 atom stereocenters. The third-order valence-corrected chi connectivity index (χ3v) is 21.1. The fourth-order valence-electron chi connectivity index (χ4n) is 13.9. The lowest BCUT2D eigenvalue weighted by atomic mass is 10.00. The van der Waals surface area contributed by atoms with Crippen LogP contribution in [0.15, 0.2) is 84.6 Å². The minimum atomic E-state index is -1.08. The van der Waals surface area contributed by atoms with Gasteiger partial charge in [0.25, 0.3) is 5.79 Å². The van der Waals surface area contributed by atoms with E-state index in [9.17, 15) is 62.3 Å². The van der Waals surface area contributed by atoms with Crippen LogP contribution in [0.3, 0.4) is 0 Å². The zero-order valence-corrected chi connectivity index (χ0v) is 69.7. The molecule has 6 amide bonds. The SMILES string of the molecule is CC(C)(C)OC(=O)CC(C(=O)O)C1CC1.CC(C)(C)OC(=O)N1C(=O)CC(=O)C1C1CC1.CC1(C)OC(=O)CC(=O)O1.COc1ccc(CN)cc1.COc1ccc(CNC2=CC(=O)NC2C2CC2)cc1.COc1ccc(CNC2CC(=O)NC2C2CC2)cc1.NC(C(=O)O)C1CC1.NC1CC(=O)NC1C1CC1.O=C1CC(=O)C(C2CC2)N1. The summed E-state index contributed by atoms with van der Waals surface area (Å²) in [4.78, 5) is 145. The number of ether oxygens (including phenoxy) is 7. The Morgan fingerprint density at radius 2 is 1.01 bits per heavy atom. The molecule has 0 bridgehead atoms. The second-order valence-electron chi connectivity index (χ2n) is 34.4. The van der Waals surface area contributed by atoms with E-state index < -0.39 is 76.8 Å². The quantitative estimate of drug-likeness (QED) is 0.0290. The van der Waals surface area contributed by atoms with E-state index >= 15 is 0 Å². The number of rotatable bonds is 21. The number of hydrogen-bond acceptors (Lipinski definition) is 25. The van der Waals surface area contributed by atoms with Crippen LogP contribution in [0.2, 0.25) is 0 Å². The van der Waals surface area contributed by atoms with Crippen LogP contribution in [-0.4, -0.2) is 179 Å². The summed E-state index contributed by atoms with van der Waals surface area (Å²) in [5.41, 5.74) is 19.7. The van der Waals surface area contributed by atoms with Gasteiger partial charge in [-0.25, -0.2) is 9.69 Å². The van der Waals surface area contributed by atoms with Crippen molar-refractivity contribution in [1.29, 1.82) is 0 Å². The van der Waals surface area contributed by atoms with Crippen molar-refractivity contribution in [2.24, 2.45) is 64.5 Å². The monoisotopic (exact) mass is 1650 g/mol. The maximum Gasteiger partial charge on any atom is 0.417 e. The second kappa shape index (κ2) is 42.6. The molecule has 13 aliphatic rings. The number of hydrogen-bond donors (Lipinski definition) is 11. The Morgan fingerprint density at radius 1 is 0.542 bits per heavy atom. The van der Waals surface area contributed by atoms with Crippen LogP contribution >= 0.6 is 0 Å². The number of nitrogens with one attached hydrogen (secondary N) is 6. The number of cyclic esters (lactones) is 2. The number of carboxylic acids is 2. The lowest BCUT2D eigenvalue weighted by Gasteiger charge is -2.28. The normalized spacial score (nSPS) is 24.2. The molecule has 32 nitrogen and oxygen atoms in total. The van der Waals surface area contributed by atoms with Crippen LogP contribution in [0.5, 0.6) is 17.2 Å². The van der Waals surface area contributed by atoms with Crippen molar-refractivity contribution < 1.29 is 106 Å². The summed E-state index contributed by atoms with van der Waals surface area (Å²) in [6.45, 7) is 15.7. The van der Waals surface area contributed by atoms with Crippen LogP contribution in [-0.2, 0) is 96.1 Å². The molecule has 32 heteroatoms. The number of carbonyl (C=O) groups is 13. The number of nitrogens with two attached hydrogens (primary N) is 3. The highest BCUT2D eigenvalue weighted by Crippen LogP contribution is 2.42. The molecule has 9 unspecified atom stereocenters. The first kappa shape index (κ1) is 93.4. The summed E-state index contributed by atoms with van der Waals surface area (Å²) in [5, 5.41) is 35.8. The number of benzene rings is 3. The van der Waals surface area contributed by atoms with Gasteiger partial charge in [0.2, 0.25) is 29.5 Å². The van der Waals surface area contributed by atoms with Gasteiger partial charge in [0, 0.05) is 82.3 Å². The number of nitrogens with zero attached hydrogens (tertiary/aromatic N) is 1. The zero-order valence-electron chi connectivity index (χ0n) is 69.7. The molecule has 6 aliphatic heterocycles. The Balaban J connectivity index is 0.000000168. The van der Waals surface area contributed by atoms with Gasteiger partial charge >= 0.3 is 35.9 Å². The first-order chi connectivity index (χ1) is 55.7. The highest BCUT2D eigenvalue weighted by atomic mass is 16.7. The van der Waals surface area contributed by atoms with Crippen LogP contribution < -0.4 is 63.3 Å².